The third kappa shape index (κ3) is 4.86. The summed E-state index contributed by atoms with van der Waals surface area (Å²) in [4.78, 5) is 17.6. The standard InChI is InChI=1S/C25H29FN4O3S/c26-20-9-7-18(8-10-20)16-29-14-11-21(12-15-29)27-25(31)19-4-3-13-30(17-19)24-22-5-1-2-6-23(22)34(32,33)28-24/h1-2,5-10,19,21H,3-4,11-17H2,(H,27,31). The first-order valence-electron chi connectivity index (χ1n) is 11.9. The monoisotopic (exact) mass is 484 g/mol. The van der Waals surface area contributed by atoms with Crippen molar-refractivity contribution in [1.29, 1.82) is 0 Å². The summed E-state index contributed by atoms with van der Waals surface area (Å²) in [6.07, 6.45) is 3.35. The zero-order valence-electron chi connectivity index (χ0n) is 19.0. The lowest BCUT2D eigenvalue weighted by Crippen LogP contribution is -2.50. The highest BCUT2D eigenvalue weighted by Crippen LogP contribution is 2.30. The van der Waals surface area contributed by atoms with Gasteiger partial charge in [-0.15, -0.1) is 4.40 Å². The summed E-state index contributed by atoms with van der Waals surface area (Å²) in [5.74, 6) is 0.0834. The number of piperidine rings is 2. The Morgan fingerprint density at radius 2 is 1.76 bits per heavy atom. The van der Waals surface area contributed by atoms with Crippen LogP contribution in [0.1, 0.15) is 36.8 Å². The van der Waals surface area contributed by atoms with Gasteiger partial charge in [-0.1, -0.05) is 24.3 Å². The summed E-state index contributed by atoms with van der Waals surface area (Å²) < 4.78 is 42.0. The molecule has 5 rings (SSSR count). The Hall–Kier alpha value is -2.78. The van der Waals surface area contributed by atoms with E-state index in [1.165, 1.54) is 12.1 Å². The first-order chi connectivity index (χ1) is 16.4. The van der Waals surface area contributed by atoms with Crippen molar-refractivity contribution in [2.45, 2.75) is 43.2 Å². The Kier molecular flexibility index (Phi) is 6.40. The molecule has 0 bridgehead atoms. The maximum absolute atomic E-state index is 13.1. The average molecular weight is 485 g/mol. The highest BCUT2D eigenvalue weighted by molar-refractivity contribution is 7.90. The Labute approximate surface area is 199 Å². The molecule has 7 nitrogen and oxygen atoms in total. The molecule has 180 valence electrons. The van der Waals surface area contributed by atoms with Crippen molar-refractivity contribution < 1.29 is 17.6 Å². The molecule has 2 fully saturated rings. The fraction of sp³-hybridized carbons (Fsp3) is 0.440. The number of amidine groups is 1. The zero-order chi connectivity index (χ0) is 23.7. The molecule has 1 amide bonds. The fourth-order valence-electron chi connectivity index (χ4n) is 5.10. The largest absolute Gasteiger partial charge is 0.355 e. The van der Waals surface area contributed by atoms with Crippen LogP contribution < -0.4 is 5.32 Å². The van der Waals surface area contributed by atoms with Crippen molar-refractivity contribution >= 4 is 21.8 Å². The van der Waals surface area contributed by atoms with Gasteiger partial charge in [-0.3, -0.25) is 9.69 Å². The number of rotatable bonds is 4. The predicted octanol–water partition coefficient (Wildman–Crippen LogP) is 2.77. The number of carbonyl (C=O) groups excluding carboxylic acids is 1. The van der Waals surface area contributed by atoms with Gasteiger partial charge in [0, 0.05) is 44.3 Å². The number of halogens is 1. The van der Waals surface area contributed by atoms with Gasteiger partial charge in [0.05, 0.1) is 5.92 Å². The summed E-state index contributed by atoms with van der Waals surface area (Å²) in [7, 11) is -3.67. The van der Waals surface area contributed by atoms with Gasteiger partial charge in [0.15, 0.2) is 5.84 Å². The molecule has 2 aromatic rings. The van der Waals surface area contributed by atoms with Crippen molar-refractivity contribution in [3.63, 3.8) is 0 Å². The van der Waals surface area contributed by atoms with Crippen LogP contribution in [0.2, 0.25) is 0 Å². The van der Waals surface area contributed by atoms with Gasteiger partial charge in [0.1, 0.15) is 10.7 Å². The third-order valence-corrected chi connectivity index (χ3v) is 8.28. The maximum Gasteiger partial charge on any atom is 0.285 e. The van der Waals surface area contributed by atoms with Crippen molar-refractivity contribution in [2.75, 3.05) is 26.2 Å². The molecule has 1 N–H and O–H groups in total. The second-order valence-corrected chi connectivity index (χ2v) is 10.9. The van der Waals surface area contributed by atoms with Gasteiger partial charge in [-0.25, -0.2) is 4.39 Å². The molecule has 0 radical (unpaired) electrons. The van der Waals surface area contributed by atoms with Crippen LogP contribution in [-0.4, -0.2) is 62.2 Å². The van der Waals surface area contributed by atoms with E-state index in [0.717, 1.165) is 50.9 Å². The topological polar surface area (TPSA) is 82.1 Å². The first-order valence-corrected chi connectivity index (χ1v) is 13.3. The van der Waals surface area contributed by atoms with E-state index in [0.29, 0.717) is 24.5 Å². The number of benzene rings is 2. The minimum Gasteiger partial charge on any atom is -0.355 e. The molecule has 34 heavy (non-hydrogen) atoms. The van der Waals surface area contributed by atoms with Crippen LogP contribution in [0.25, 0.3) is 0 Å². The van der Waals surface area contributed by atoms with Crippen molar-refractivity contribution in [1.82, 2.24) is 15.1 Å². The number of fused-ring (bicyclic) bond motifs is 1. The highest BCUT2D eigenvalue weighted by atomic mass is 32.2. The normalized spacial score (nSPS) is 22.8. The molecular weight excluding hydrogens is 455 g/mol. The van der Waals surface area contributed by atoms with Crippen molar-refractivity contribution in [3.05, 3.63) is 65.5 Å². The van der Waals surface area contributed by atoms with Gasteiger partial charge in [-0.2, -0.15) is 8.42 Å². The van der Waals surface area contributed by atoms with E-state index in [4.69, 9.17) is 0 Å². The molecule has 3 heterocycles. The molecule has 0 aromatic heterocycles. The van der Waals surface area contributed by atoms with Gasteiger partial charge in [-0.05, 0) is 55.5 Å². The number of nitrogens with one attached hydrogen (secondary N) is 1. The van der Waals surface area contributed by atoms with Crippen LogP contribution >= 0.6 is 0 Å². The number of nitrogens with zero attached hydrogens (tertiary/aromatic N) is 3. The lowest BCUT2D eigenvalue weighted by Gasteiger charge is -2.36. The maximum atomic E-state index is 13.1. The molecule has 2 aromatic carbocycles. The van der Waals surface area contributed by atoms with Crippen LogP contribution in [0.15, 0.2) is 57.8 Å². The van der Waals surface area contributed by atoms with E-state index in [9.17, 15) is 17.6 Å². The molecule has 3 aliphatic rings. The van der Waals surface area contributed by atoms with Crippen LogP contribution in [-0.2, 0) is 21.4 Å². The third-order valence-electron chi connectivity index (χ3n) is 6.96. The van der Waals surface area contributed by atoms with E-state index in [1.807, 2.05) is 23.1 Å². The lowest BCUT2D eigenvalue weighted by molar-refractivity contribution is -0.127. The molecule has 2 saturated heterocycles. The smallest absolute Gasteiger partial charge is 0.285 e. The average Bonchev–Trinajstić information content (AvgIpc) is 3.13. The Balaban J connectivity index is 1.15. The summed E-state index contributed by atoms with van der Waals surface area (Å²) in [6.45, 7) is 3.70. The first kappa shape index (κ1) is 23.0. The van der Waals surface area contributed by atoms with Crippen molar-refractivity contribution in [3.8, 4) is 0 Å². The van der Waals surface area contributed by atoms with Gasteiger partial charge in [0.25, 0.3) is 10.0 Å². The van der Waals surface area contributed by atoms with Gasteiger partial charge >= 0.3 is 0 Å². The fourth-order valence-corrected chi connectivity index (χ4v) is 6.33. The second-order valence-electron chi connectivity index (χ2n) is 9.36. The molecule has 3 aliphatic heterocycles. The Bertz CT molecular complexity index is 1190. The number of likely N-dealkylation sites (tertiary alicyclic amines) is 2. The molecular formula is C25H29FN4O3S. The number of sulfonamides is 1. The number of hydrogen-bond acceptors (Lipinski definition) is 5. The number of amides is 1. The van der Waals surface area contributed by atoms with Crippen molar-refractivity contribution in [2.24, 2.45) is 10.3 Å². The molecule has 0 spiro atoms. The van der Waals surface area contributed by atoms with Crippen LogP contribution in [0.4, 0.5) is 4.39 Å². The summed E-state index contributed by atoms with van der Waals surface area (Å²) in [5.41, 5.74) is 1.71. The quantitative estimate of drug-likeness (QED) is 0.722. The Morgan fingerprint density at radius 3 is 2.53 bits per heavy atom. The molecule has 9 heteroatoms. The van der Waals surface area contributed by atoms with Crippen LogP contribution in [0, 0.1) is 11.7 Å². The minimum absolute atomic E-state index is 0.0384. The minimum atomic E-state index is -3.67. The number of hydrogen-bond donors (Lipinski definition) is 1. The molecule has 0 saturated carbocycles. The molecule has 1 atom stereocenters. The Morgan fingerprint density at radius 1 is 1.03 bits per heavy atom. The zero-order valence-corrected chi connectivity index (χ0v) is 19.8. The molecule has 1 unspecified atom stereocenters. The van der Waals surface area contributed by atoms with Crippen LogP contribution in [0.5, 0.6) is 0 Å². The van der Waals surface area contributed by atoms with Crippen LogP contribution in [0.3, 0.4) is 0 Å². The van der Waals surface area contributed by atoms with Gasteiger partial charge < -0.3 is 10.2 Å². The predicted molar refractivity (Wildman–Crippen MR) is 127 cm³/mol. The van der Waals surface area contributed by atoms with E-state index in [-0.39, 0.29) is 28.6 Å². The summed E-state index contributed by atoms with van der Waals surface area (Å²) in [6, 6.07) is 13.6. The van der Waals surface area contributed by atoms with E-state index in [1.54, 1.807) is 18.2 Å². The van der Waals surface area contributed by atoms with E-state index in [2.05, 4.69) is 14.6 Å². The molecule has 0 aliphatic carbocycles. The second kappa shape index (κ2) is 9.46. The lowest BCUT2D eigenvalue weighted by atomic mass is 9.95. The van der Waals surface area contributed by atoms with E-state index >= 15 is 0 Å². The van der Waals surface area contributed by atoms with E-state index < -0.39 is 10.0 Å². The SMILES string of the molecule is O=C(NC1CCN(Cc2ccc(F)cc2)CC1)C1CCCN(C2=NS(=O)(=O)c3ccccc32)C1. The highest BCUT2D eigenvalue weighted by Gasteiger charge is 2.35. The summed E-state index contributed by atoms with van der Waals surface area (Å²) in [5, 5.41) is 3.23. The number of carbonyl (C=O) groups is 1. The summed E-state index contributed by atoms with van der Waals surface area (Å²) >= 11 is 0. The van der Waals surface area contributed by atoms with Gasteiger partial charge in [0.2, 0.25) is 5.91 Å².